The molecule has 38 heavy (non-hydrogen) atoms. The summed E-state index contributed by atoms with van der Waals surface area (Å²) in [5.41, 5.74) is 4.57. The van der Waals surface area contributed by atoms with Crippen LogP contribution < -0.4 is 11.1 Å². The van der Waals surface area contributed by atoms with Crippen LogP contribution in [0, 0.1) is 5.82 Å². The molecule has 14 heteroatoms. The quantitative estimate of drug-likeness (QED) is 0.274. The van der Waals surface area contributed by atoms with Crippen LogP contribution in [0.1, 0.15) is 40.2 Å². The van der Waals surface area contributed by atoms with Crippen molar-refractivity contribution in [2.45, 2.75) is 25.6 Å². The highest BCUT2D eigenvalue weighted by atomic mass is 32.2. The second-order valence-electron chi connectivity index (χ2n) is 8.68. The molecule has 3 N–H and O–H groups in total. The fraction of sp³-hybridized carbons (Fsp3) is 0.292. The molecule has 0 unspecified atom stereocenters. The number of carbonyl (C=O) groups excluding carboxylic acids is 1. The van der Waals surface area contributed by atoms with Crippen LogP contribution in [-0.4, -0.2) is 54.2 Å². The average Bonchev–Trinajstić information content (AvgIpc) is 3.53. The van der Waals surface area contributed by atoms with Gasteiger partial charge in [0.25, 0.3) is 15.9 Å². The van der Waals surface area contributed by atoms with Gasteiger partial charge in [-0.2, -0.15) is 18.3 Å². The molecule has 3 aromatic rings. The Morgan fingerprint density at radius 1 is 1.11 bits per heavy atom. The molecule has 2 heterocycles. The minimum absolute atomic E-state index is 0.0232. The molecule has 0 spiro atoms. The van der Waals surface area contributed by atoms with Crippen molar-refractivity contribution in [3.05, 3.63) is 76.9 Å². The van der Waals surface area contributed by atoms with Gasteiger partial charge >= 0.3 is 6.18 Å². The molecule has 1 aliphatic rings. The van der Waals surface area contributed by atoms with Crippen molar-refractivity contribution in [1.29, 1.82) is 0 Å². The molecule has 1 fully saturated rings. The van der Waals surface area contributed by atoms with E-state index in [0.29, 0.717) is 24.7 Å². The van der Waals surface area contributed by atoms with Gasteiger partial charge in [0.1, 0.15) is 17.3 Å². The van der Waals surface area contributed by atoms with Gasteiger partial charge in [0.2, 0.25) is 0 Å². The van der Waals surface area contributed by atoms with Gasteiger partial charge in [-0.15, -0.1) is 4.40 Å². The Morgan fingerprint density at radius 2 is 1.76 bits per heavy atom. The van der Waals surface area contributed by atoms with Crippen molar-refractivity contribution >= 4 is 27.5 Å². The Kier molecular flexibility index (Phi) is 7.56. The molecule has 0 atom stereocenters. The number of halogens is 4. The highest BCUT2D eigenvalue weighted by molar-refractivity contribution is 7.89. The second kappa shape index (κ2) is 10.5. The van der Waals surface area contributed by atoms with Gasteiger partial charge in [-0.05, 0) is 55.3 Å². The molecule has 0 radical (unpaired) electrons. The number of hydrogen-bond donors (Lipinski definition) is 2. The average molecular weight is 553 g/mol. The van der Waals surface area contributed by atoms with Gasteiger partial charge < -0.3 is 16.0 Å². The van der Waals surface area contributed by atoms with E-state index in [2.05, 4.69) is 14.8 Å². The Bertz CT molecular complexity index is 1480. The number of amidine groups is 1. The van der Waals surface area contributed by atoms with Crippen LogP contribution in [0.4, 0.5) is 23.2 Å². The molecule has 0 saturated carbocycles. The predicted octanol–water partition coefficient (Wildman–Crippen LogP) is 3.54. The van der Waals surface area contributed by atoms with Crippen LogP contribution >= 0.6 is 0 Å². The van der Waals surface area contributed by atoms with Crippen LogP contribution in [-0.2, 0) is 22.7 Å². The number of likely N-dealkylation sites (tertiary alicyclic amines) is 1. The van der Waals surface area contributed by atoms with E-state index >= 15 is 0 Å². The van der Waals surface area contributed by atoms with Crippen LogP contribution in [0.5, 0.6) is 0 Å². The topological polar surface area (TPSA) is 123 Å². The number of nitrogens with two attached hydrogens (primary N) is 1. The molecule has 1 aliphatic heterocycles. The van der Waals surface area contributed by atoms with Gasteiger partial charge in [-0.1, -0.05) is 0 Å². The summed E-state index contributed by atoms with van der Waals surface area (Å²) in [6.45, 7) is 1.09. The van der Waals surface area contributed by atoms with Crippen molar-refractivity contribution in [3.8, 4) is 5.69 Å². The normalized spacial score (nSPS) is 14.7. The molecule has 9 nitrogen and oxygen atoms in total. The third-order valence-electron chi connectivity index (χ3n) is 5.79. The lowest BCUT2D eigenvalue weighted by Crippen LogP contribution is -2.29. The van der Waals surface area contributed by atoms with Gasteiger partial charge in [0.05, 0.1) is 11.9 Å². The first kappa shape index (κ1) is 27.3. The van der Waals surface area contributed by atoms with E-state index in [9.17, 15) is 30.8 Å². The Hall–Kier alpha value is -3.78. The minimum Gasteiger partial charge on any atom is -0.355 e. The molecule has 0 bridgehead atoms. The largest absolute Gasteiger partial charge is 0.435 e. The number of anilines is 1. The molecule has 1 aromatic heterocycles. The number of rotatable bonds is 6. The van der Waals surface area contributed by atoms with E-state index in [-0.39, 0.29) is 29.3 Å². The number of nitrogens with one attached hydrogen (secondary N) is 1. The number of aromatic nitrogens is 2. The maximum atomic E-state index is 13.9. The first-order valence-electron chi connectivity index (χ1n) is 11.5. The third kappa shape index (κ3) is 6.19. The smallest absolute Gasteiger partial charge is 0.355 e. The summed E-state index contributed by atoms with van der Waals surface area (Å²) in [7, 11) is -3.68. The van der Waals surface area contributed by atoms with Crippen molar-refractivity contribution in [2.75, 3.05) is 24.7 Å². The zero-order valence-corrected chi connectivity index (χ0v) is 21.0. The lowest BCUT2D eigenvalue weighted by Gasteiger charge is -2.20. The SMILES string of the molecule is CS(=O)(=O)/N=C(\c1ccc(NC(=O)c2cc(C(F)(F)F)nn2-c2ccc(F)c(CN)c2)cc1)N1CCCC1. The van der Waals surface area contributed by atoms with Crippen molar-refractivity contribution in [2.24, 2.45) is 10.1 Å². The number of amides is 1. The fourth-order valence-electron chi connectivity index (χ4n) is 4.00. The first-order chi connectivity index (χ1) is 17.9. The van der Waals surface area contributed by atoms with E-state index in [4.69, 9.17) is 5.73 Å². The second-order valence-corrected chi connectivity index (χ2v) is 10.3. The Labute approximate surface area is 216 Å². The molecule has 2 aromatic carbocycles. The zero-order valence-electron chi connectivity index (χ0n) is 20.2. The fourth-order valence-corrected chi connectivity index (χ4v) is 4.54. The van der Waals surface area contributed by atoms with Gasteiger partial charge in [0.15, 0.2) is 5.69 Å². The summed E-state index contributed by atoms with van der Waals surface area (Å²) < 4.78 is 82.4. The Morgan fingerprint density at radius 3 is 2.34 bits per heavy atom. The number of benzene rings is 2. The van der Waals surface area contributed by atoms with Crippen molar-refractivity contribution in [3.63, 3.8) is 0 Å². The van der Waals surface area contributed by atoms with E-state index in [1.165, 1.54) is 24.3 Å². The molecule has 1 saturated heterocycles. The Balaban J connectivity index is 1.65. The molecule has 4 rings (SSSR count). The van der Waals surface area contributed by atoms with Crippen LogP contribution in [0.15, 0.2) is 52.9 Å². The predicted molar refractivity (Wildman–Crippen MR) is 133 cm³/mol. The number of alkyl halides is 3. The monoisotopic (exact) mass is 552 g/mol. The van der Waals surface area contributed by atoms with Gasteiger partial charge in [-0.3, -0.25) is 4.79 Å². The summed E-state index contributed by atoms with van der Waals surface area (Å²) in [4.78, 5) is 14.9. The van der Waals surface area contributed by atoms with Crippen molar-refractivity contribution in [1.82, 2.24) is 14.7 Å². The maximum absolute atomic E-state index is 13.9. The van der Waals surface area contributed by atoms with E-state index < -0.39 is 39.3 Å². The zero-order chi connectivity index (χ0) is 27.7. The highest BCUT2D eigenvalue weighted by Gasteiger charge is 2.36. The summed E-state index contributed by atoms with van der Waals surface area (Å²) in [5, 5.41) is 6.04. The summed E-state index contributed by atoms with van der Waals surface area (Å²) in [5.74, 6) is -1.26. The molecule has 0 aliphatic carbocycles. The van der Waals surface area contributed by atoms with Gasteiger partial charge in [0, 0.05) is 42.5 Å². The van der Waals surface area contributed by atoms with Crippen LogP contribution in [0.25, 0.3) is 5.69 Å². The summed E-state index contributed by atoms with van der Waals surface area (Å²) >= 11 is 0. The van der Waals surface area contributed by atoms with E-state index in [0.717, 1.165) is 29.8 Å². The lowest BCUT2D eigenvalue weighted by atomic mass is 10.1. The number of hydrogen-bond acceptors (Lipinski definition) is 5. The summed E-state index contributed by atoms with van der Waals surface area (Å²) in [6, 6.07) is 10.1. The highest BCUT2D eigenvalue weighted by Crippen LogP contribution is 2.30. The number of carbonyl (C=O) groups is 1. The first-order valence-corrected chi connectivity index (χ1v) is 13.3. The van der Waals surface area contributed by atoms with Gasteiger partial charge in [-0.25, -0.2) is 17.5 Å². The molecule has 1 amide bonds. The minimum atomic E-state index is -4.83. The van der Waals surface area contributed by atoms with Crippen molar-refractivity contribution < 1.29 is 30.8 Å². The maximum Gasteiger partial charge on any atom is 0.435 e. The molecule has 202 valence electrons. The number of nitrogens with zero attached hydrogens (tertiary/aromatic N) is 4. The van der Waals surface area contributed by atoms with E-state index in [1.807, 2.05) is 4.90 Å². The third-order valence-corrected chi connectivity index (χ3v) is 6.29. The number of sulfonamides is 1. The molecular formula is C24H24F4N6O3S. The standard InChI is InChI=1S/C24H24F4N6O3S/c1-38(36,37)32-22(33-10-2-3-11-33)15-4-6-17(7-5-15)30-23(35)20-13-21(24(26,27)28)31-34(20)18-8-9-19(25)16(12-18)14-29/h4-9,12-13H,2-3,10-11,14,29H2,1H3,(H,30,35)/b32-22+. The van der Waals surface area contributed by atoms with E-state index in [1.54, 1.807) is 12.1 Å². The van der Waals surface area contributed by atoms with Crippen LogP contribution in [0.2, 0.25) is 0 Å². The van der Waals surface area contributed by atoms with Crippen LogP contribution in [0.3, 0.4) is 0 Å². The lowest BCUT2D eigenvalue weighted by molar-refractivity contribution is -0.141. The summed E-state index contributed by atoms with van der Waals surface area (Å²) in [6.07, 6.45) is -2.05. The molecular weight excluding hydrogens is 528 g/mol.